The van der Waals surface area contributed by atoms with E-state index in [1.165, 1.54) is 7.11 Å². The second-order valence-electron chi connectivity index (χ2n) is 8.49. The molecule has 7 heteroatoms. The van der Waals surface area contributed by atoms with Crippen LogP contribution in [0.4, 0.5) is 11.4 Å². The van der Waals surface area contributed by atoms with Gasteiger partial charge < -0.3 is 19.9 Å². The lowest BCUT2D eigenvalue weighted by Crippen LogP contribution is -2.32. The van der Waals surface area contributed by atoms with Gasteiger partial charge in [0.15, 0.2) is 0 Å². The molecule has 176 valence electrons. The van der Waals surface area contributed by atoms with Crippen LogP contribution in [-0.2, 0) is 0 Å². The highest BCUT2D eigenvalue weighted by Crippen LogP contribution is 2.36. The molecule has 1 unspecified atom stereocenters. The van der Waals surface area contributed by atoms with Crippen LogP contribution in [0.5, 0.6) is 5.75 Å². The number of benzene rings is 3. The lowest BCUT2D eigenvalue weighted by atomic mass is 10.0. The SMILES string of the molecule is COc1cc(C(=O)N2CCCC(N(C)C)c3ccccc32)ccc1NC(=O)c1ccccc1Cl. The van der Waals surface area contributed by atoms with E-state index in [0.717, 1.165) is 24.1 Å². The zero-order valence-electron chi connectivity index (χ0n) is 19.5. The number of methoxy groups -OCH3 is 1. The third-order valence-electron chi connectivity index (χ3n) is 6.13. The number of halogens is 1. The largest absolute Gasteiger partial charge is 0.495 e. The molecule has 0 saturated carbocycles. The normalized spacial score (nSPS) is 15.4. The number of carbonyl (C=O) groups excluding carboxylic acids is 2. The van der Waals surface area contributed by atoms with Crippen LogP contribution in [0.1, 0.15) is 45.2 Å². The van der Waals surface area contributed by atoms with Gasteiger partial charge in [-0.2, -0.15) is 0 Å². The molecule has 1 atom stereocenters. The summed E-state index contributed by atoms with van der Waals surface area (Å²) in [6.07, 6.45) is 1.87. The molecule has 1 N–H and O–H groups in total. The number of rotatable bonds is 5. The van der Waals surface area contributed by atoms with Crippen LogP contribution in [0.25, 0.3) is 0 Å². The minimum atomic E-state index is -0.348. The van der Waals surface area contributed by atoms with E-state index >= 15 is 0 Å². The van der Waals surface area contributed by atoms with Crippen molar-refractivity contribution in [1.29, 1.82) is 0 Å². The molecule has 0 aromatic heterocycles. The van der Waals surface area contributed by atoms with Crippen molar-refractivity contribution in [2.75, 3.05) is 38.0 Å². The highest BCUT2D eigenvalue weighted by molar-refractivity contribution is 6.34. The van der Waals surface area contributed by atoms with Crippen LogP contribution >= 0.6 is 11.6 Å². The highest BCUT2D eigenvalue weighted by atomic mass is 35.5. The zero-order valence-corrected chi connectivity index (χ0v) is 20.3. The van der Waals surface area contributed by atoms with E-state index < -0.39 is 0 Å². The van der Waals surface area contributed by atoms with Gasteiger partial charge in [-0.15, -0.1) is 0 Å². The molecule has 34 heavy (non-hydrogen) atoms. The predicted molar refractivity (Wildman–Crippen MR) is 136 cm³/mol. The zero-order chi connectivity index (χ0) is 24.2. The molecule has 0 spiro atoms. The van der Waals surface area contributed by atoms with Gasteiger partial charge in [0.05, 0.1) is 23.4 Å². The molecule has 1 heterocycles. The van der Waals surface area contributed by atoms with Crippen molar-refractivity contribution in [3.63, 3.8) is 0 Å². The molecule has 1 aliphatic rings. The maximum Gasteiger partial charge on any atom is 0.258 e. The van der Waals surface area contributed by atoms with Crippen LogP contribution in [0.2, 0.25) is 5.02 Å². The van der Waals surface area contributed by atoms with Gasteiger partial charge in [0.2, 0.25) is 0 Å². The molecule has 3 aromatic rings. The molecule has 0 aliphatic carbocycles. The Labute approximate surface area is 205 Å². The van der Waals surface area contributed by atoms with E-state index in [9.17, 15) is 9.59 Å². The first-order chi connectivity index (χ1) is 16.4. The van der Waals surface area contributed by atoms with E-state index in [1.807, 2.05) is 23.1 Å². The summed E-state index contributed by atoms with van der Waals surface area (Å²) in [5.74, 6) is -0.0474. The Morgan fingerprint density at radius 1 is 1.06 bits per heavy atom. The quantitative estimate of drug-likeness (QED) is 0.516. The first kappa shape index (κ1) is 23.8. The van der Waals surface area contributed by atoms with Crippen LogP contribution in [0, 0.1) is 0 Å². The summed E-state index contributed by atoms with van der Waals surface area (Å²) in [6, 6.07) is 20.2. The number of amides is 2. The Hall–Kier alpha value is -3.35. The molecule has 1 aliphatic heterocycles. The fraction of sp³-hybridized carbons (Fsp3) is 0.259. The predicted octanol–water partition coefficient (Wildman–Crippen LogP) is 5.64. The first-order valence-corrected chi connectivity index (χ1v) is 11.6. The van der Waals surface area contributed by atoms with Crippen LogP contribution in [0.3, 0.4) is 0 Å². The molecule has 4 rings (SSSR count). The Bertz CT molecular complexity index is 1210. The lowest BCUT2D eigenvalue weighted by Gasteiger charge is -2.27. The Morgan fingerprint density at radius 2 is 1.79 bits per heavy atom. The van der Waals surface area contributed by atoms with E-state index in [-0.39, 0.29) is 17.9 Å². The number of hydrogen-bond acceptors (Lipinski definition) is 4. The Balaban J connectivity index is 1.62. The van der Waals surface area contributed by atoms with Gasteiger partial charge >= 0.3 is 0 Å². The number of hydrogen-bond donors (Lipinski definition) is 1. The van der Waals surface area contributed by atoms with Crippen molar-refractivity contribution in [2.24, 2.45) is 0 Å². The minimum Gasteiger partial charge on any atom is -0.495 e. The number of ether oxygens (including phenoxy) is 1. The van der Waals surface area contributed by atoms with Gasteiger partial charge in [-0.05, 0) is 68.9 Å². The number of nitrogens with zero attached hydrogens (tertiary/aromatic N) is 2. The summed E-state index contributed by atoms with van der Waals surface area (Å²) in [7, 11) is 5.65. The van der Waals surface area contributed by atoms with Gasteiger partial charge in [-0.1, -0.05) is 41.9 Å². The van der Waals surface area contributed by atoms with Crippen molar-refractivity contribution in [1.82, 2.24) is 4.90 Å². The van der Waals surface area contributed by atoms with Gasteiger partial charge in [-0.3, -0.25) is 9.59 Å². The molecule has 0 bridgehead atoms. The lowest BCUT2D eigenvalue weighted by molar-refractivity contribution is 0.0985. The number of para-hydroxylation sites is 1. The van der Waals surface area contributed by atoms with Gasteiger partial charge in [0, 0.05) is 23.8 Å². The van der Waals surface area contributed by atoms with Crippen molar-refractivity contribution in [3.05, 3.63) is 88.4 Å². The molecular weight excluding hydrogens is 450 g/mol. The average molecular weight is 478 g/mol. The van der Waals surface area contributed by atoms with Crippen molar-refractivity contribution in [2.45, 2.75) is 18.9 Å². The number of nitrogens with one attached hydrogen (secondary N) is 1. The second kappa shape index (κ2) is 10.3. The summed E-state index contributed by atoms with van der Waals surface area (Å²) in [5.41, 5.74) is 3.40. The summed E-state index contributed by atoms with van der Waals surface area (Å²) in [4.78, 5) is 30.4. The van der Waals surface area contributed by atoms with E-state index in [0.29, 0.717) is 34.1 Å². The van der Waals surface area contributed by atoms with Gasteiger partial charge in [0.1, 0.15) is 5.75 Å². The topological polar surface area (TPSA) is 61.9 Å². The number of anilines is 2. The smallest absolute Gasteiger partial charge is 0.258 e. The fourth-order valence-electron chi connectivity index (χ4n) is 4.40. The van der Waals surface area contributed by atoms with Crippen LogP contribution in [0.15, 0.2) is 66.7 Å². The molecular formula is C27H28ClN3O3. The maximum atomic E-state index is 13.6. The molecule has 0 radical (unpaired) electrons. The molecule has 6 nitrogen and oxygen atoms in total. The summed E-state index contributed by atoms with van der Waals surface area (Å²) in [6.45, 7) is 0.632. The maximum absolute atomic E-state index is 13.6. The van der Waals surface area contributed by atoms with Crippen molar-refractivity contribution < 1.29 is 14.3 Å². The highest BCUT2D eigenvalue weighted by Gasteiger charge is 2.28. The van der Waals surface area contributed by atoms with Gasteiger partial charge in [0.25, 0.3) is 11.8 Å². The molecule has 3 aromatic carbocycles. The van der Waals surface area contributed by atoms with Crippen LogP contribution in [-0.4, -0.2) is 44.5 Å². The second-order valence-corrected chi connectivity index (χ2v) is 8.89. The molecule has 2 amide bonds. The van der Waals surface area contributed by atoms with Crippen molar-refractivity contribution >= 4 is 34.8 Å². The van der Waals surface area contributed by atoms with Gasteiger partial charge in [-0.25, -0.2) is 0 Å². The monoisotopic (exact) mass is 477 g/mol. The standard InChI is InChI=1S/C27H28ClN3O3/c1-30(2)23-13-8-16-31(24-12-7-5-10-20(23)24)27(33)18-14-15-22(25(17-18)34-3)29-26(32)19-9-4-6-11-21(19)28/h4-7,9-12,14-15,17,23H,8,13,16H2,1-3H3,(H,29,32). The Kier molecular flexibility index (Phi) is 7.20. The molecule has 0 saturated heterocycles. The Morgan fingerprint density at radius 3 is 2.53 bits per heavy atom. The van der Waals surface area contributed by atoms with E-state index in [4.69, 9.17) is 16.3 Å². The summed E-state index contributed by atoms with van der Waals surface area (Å²) >= 11 is 6.15. The number of carbonyl (C=O) groups is 2. The number of fused-ring (bicyclic) bond motifs is 1. The van der Waals surface area contributed by atoms with E-state index in [1.54, 1.807) is 42.5 Å². The summed E-state index contributed by atoms with van der Waals surface area (Å²) in [5, 5.41) is 3.19. The van der Waals surface area contributed by atoms with E-state index in [2.05, 4.69) is 30.4 Å². The third-order valence-corrected chi connectivity index (χ3v) is 6.46. The summed E-state index contributed by atoms with van der Waals surface area (Å²) < 4.78 is 5.51. The van der Waals surface area contributed by atoms with Crippen LogP contribution < -0.4 is 15.0 Å². The molecule has 0 fully saturated rings. The van der Waals surface area contributed by atoms with Crippen molar-refractivity contribution in [3.8, 4) is 5.75 Å². The first-order valence-electron chi connectivity index (χ1n) is 11.2. The average Bonchev–Trinajstić information content (AvgIpc) is 3.04. The third kappa shape index (κ3) is 4.79. The fourth-order valence-corrected chi connectivity index (χ4v) is 4.62. The minimum absolute atomic E-state index is 0.103.